The SMILES string of the molecule is COc1cc(N2CCC(C)(CO)CC2)ccc1Cl. The van der Waals surface area contributed by atoms with Crippen LogP contribution in [-0.2, 0) is 0 Å². The van der Waals surface area contributed by atoms with Crippen molar-refractivity contribution in [1.82, 2.24) is 0 Å². The van der Waals surface area contributed by atoms with Gasteiger partial charge in [0.2, 0.25) is 0 Å². The van der Waals surface area contributed by atoms with Crippen molar-refractivity contribution in [3.8, 4) is 5.75 Å². The number of hydrogen-bond donors (Lipinski definition) is 1. The molecule has 1 aromatic rings. The van der Waals surface area contributed by atoms with Crippen LogP contribution >= 0.6 is 11.6 Å². The van der Waals surface area contributed by atoms with E-state index >= 15 is 0 Å². The smallest absolute Gasteiger partial charge is 0.139 e. The van der Waals surface area contributed by atoms with Crippen molar-refractivity contribution in [2.24, 2.45) is 5.41 Å². The van der Waals surface area contributed by atoms with E-state index in [-0.39, 0.29) is 12.0 Å². The van der Waals surface area contributed by atoms with Gasteiger partial charge in [0.15, 0.2) is 0 Å². The van der Waals surface area contributed by atoms with Gasteiger partial charge in [0.25, 0.3) is 0 Å². The summed E-state index contributed by atoms with van der Waals surface area (Å²) in [6.45, 7) is 4.33. The first-order chi connectivity index (χ1) is 8.58. The van der Waals surface area contributed by atoms with Gasteiger partial charge in [-0.2, -0.15) is 0 Å². The lowest BCUT2D eigenvalue weighted by Gasteiger charge is -2.39. The Balaban J connectivity index is 2.10. The molecule has 0 spiro atoms. The lowest BCUT2D eigenvalue weighted by molar-refractivity contribution is 0.115. The Morgan fingerprint density at radius 1 is 1.39 bits per heavy atom. The minimum Gasteiger partial charge on any atom is -0.495 e. The highest BCUT2D eigenvalue weighted by Gasteiger charge is 2.29. The number of nitrogens with zero attached hydrogens (tertiary/aromatic N) is 1. The molecular weight excluding hydrogens is 250 g/mol. The molecule has 1 aromatic carbocycles. The minimum absolute atomic E-state index is 0.0764. The first-order valence-electron chi connectivity index (χ1n) is 6.27. The summed E-state index contributed by atoms with van der Waals surface area (Å²) in [5, 5.41) is 10.0. The van der Waals surface area contributed by atoms with E-state index in [1.807, 2.05) is 18.2 Å². The number of aliphatic hydroxyl groups excluding tert-OH is 1. The molecule has 1 aliphatic heterocycles. The molecule has 0 aliphatic carbocycles. The zero-order valence-corrected chi connectivity index (χ0v) is 11.7. The van der Waals surface area contributed by atoms with Crippen molar-refractivity contribution in [1.29, 1.82) is 0 Å². The number of hydrogen-bond acceptors (Lipinski definition) is 3. The van der Waals surface area contributed by atoms with Crippen molar-refractivity contribution in [3.63, 3.8) is 0 Å². The third kappa shape index (κ3) is 2.73. The van der Waals surface area contributed by atoms with Crippen LogP contribution in [0.15, 0.2) is 18.2 Å². The highest BCUT2D eigenvalue weighted by atomic mass is 35.5. The molecule has 100 valence electrons. The van der Waals surface area contributed by atoms with E-state index in [1.165, 1.54) is 0 Å². The fourth-order valence-corrected chi connectivity index (χ4v) is 2.50. The molecule has 0 atom stereocenters. The van der Waals surface area contributed by atoms with Crippen molar-refractivity contribution in [3.05, 3.63) is 23.2 Å². The van der Waals surface area contributed by atoms with E-state index < -0.39 is 0 Å². The quantitative estimate of drug-likeness (QED) is 0.916. The molecule has 4 heteroatoms. The normalized spacial score (nSPS) is 18.8. The number of anilines is 1. The highest BCUT2D eigenvalue weighted by Crippen LogP contribution is 2.35. The van der Waals surface area contributed by atoms with Crippen LogP contribution in [0.2, 0.25) is 5.02 Å². The molecular formula is C14H20ClNO2. The summed E-state index contributed by atoms with van der Waals surface area (Å²) >= 11 is 6.03. The van der Waals surface area contributed by atoms with Gasteiger partial charge in [-0.25, -0.2) is 0 Å². The van der Waals surface area contributed by atoms with Gasteiger partial charge in [0, 0.05) is 31.5 Å². The molecule has 0 aromatic heterocycles. The number of rotatable bonds is 3. The molecule has 1 saturated heterocycles. The predicted octanol–water partition coefficient (Wildman–Crippen LogP) is 2.95. The van der Waals surface area contributed by atoms with Crippen LogP contribution in [-0.4, -0.2) is 31.9 Å². The van der Waals surface area contributed by atoms with E-state index in [1.54, 1.807) is 7.11 Å². The standard InChI is InChI=1S/C14H20ClNO2/c1-14(10-17)5-7-16(8-6-14)11-3-4-12(15)13(9-11)18-2/h3-4,9,17H,5-8,10H2,1-2H3. The van der Waals surface area contributed by atoms with E-state index in [0.717, 1.165) is 31.6 Å². The monoisotopic (exact) mass is 269 g/mol. The van der Waals surface area contributed by atoms with Crippen molar-refractivity contribution in [2.75, 3.05) is 31.7 Å². The number of methoxy groups -OCH3 is 1. The summed E-state index contributed by atoms with van der Waals surface area (Å²) in [6.07, 6.45) is 2.02. The van der Waals surface area contributed by atoms with Crippen molar-refractivity contribution < 1.29 is 9.84 Å². The lowest BCUT2D eigenvalue weighted by Crippen LogP contribution is -2.40. The average Bonchev–Trinajstić information content (AvgIpc) is 2.40. The third-order valence-electron chi connectivity index (χ3n) is 3.85. The summed E-state index contributed by atoms with van der Waals surface area (Å²) in [7, 11) is 1.63. The van der Waals surface area contributed by atoms with E-state index in [9.17, 15) is 5.11 Å². The molecule has 0 saturated carbocycles. The zero-order chi connectivity index (χ0) is 13.2. The first kappa shape index (κ1) is 13.5. The molecule has 0 radical (unpaired) electrons. The molecule has 0 bridgehead atoms. The van der Waals surface area contributed by atoms with Crippen LogP contribution in [0.1, 0.15) is 19.8 Å². The van der Waals surface area contributed by atoms with E-state index in [0.29, 0.717) is 10.8 Å². The van der Waals surface area contributed by atoms with Crippen LogP contribution in [0.4, 0.5) is 5.69 Å². The maximum atomic E-state index is 9.37. The van der Waals surface area contributed by atoms with Crippen molar-refractivity contribution >= 4 is 17.3 Å². The Morgan fingerprint density at radius 2 is 2.06 bits per heavy atom. The van der Waals surface area contributed by atoms with Gasteiger partial charge in [0.1, 0.15) is 5.75 Å². The van der Waals surface area contributed by atoms with Crippen LogP contribution in [0, 0.1) is 5.41 Å². The Hall–Kier alpha value is -0.930. The van der Waals surface area contributed by atoms with E-state index in [2.05, 4.69) is 11.8 Å². The maximum absolute atomic E-state index is 9.37. The van der Waals surface area contributed by atoms with Crippen LogP contribution < -0.4 is 9.64 Å². The van der Waals surface area contributed by atoms with Crippen LogP contribution in [0.25, 0.3) is 0 Å². The maximum Gasteiger partial charge on any atom is 0.139 e. The highest BCUT2D eigenvalue weighted by molar-refractivity contribution is 6.32. The Labute approximate surface area is 113 Å². The molecule has 1 heterocycles. The molecule has 0 amide bonds. The fourth-order valence-electron chi connectivity index (χ4n) is 2.31. The third-order valence-corrected chi connectivity index (χ3v) is 4.16. The number of ether oxygens (including phenoxy) is 1. The molecule has 0 unspecified atom stereocenters. The topological polar surface area (TPSA) is 32.7 Å². The molecule has 1 aliphatic rings. The Morgan fingerprint density at radius 3 is 2.61 bits per heavy atom. The van der Waals surface area contributed by atoms with Gasteiger partial charge in [-0.05, 0) is 30.4 Å². The summed E-state index contributed by atoms with van der Waals surface area (Å²) in [5.74, 6) is 0.713. The molecule has 2 rings (SSSR count). The van der Waals surface area contributed by atoms with Crippen LogP contribution in [0.5, 0.6) is 5.75 Å². The summed E-state index contributed by atoms with van der Waals surface area (Å²) < 4.78 is 5.24. The molecule has 1 fully saturated rings. The fraction of sp³-hybridized carbons (Fsp3) is 0.571. The number of aliphatic hydroxyl groups is 1. The summed E-state index contributed by atoms with van der Waals surface area (Å²) in [4.78, 5) is 2.32. The molecule has 3 nitrogen and oxygen atoms in total. The second-order valence-corrected chi connectivity index (χ2v) is 5.68. The van der Waals surface area contributed by atoms with Gasteiger partial charge in [-0.3, -0.25) is 0 Å². The second kappa shape index (κ2) is 5.37. The predicted molar refractivity (Wildman–Crippen MR) is 74.6 cm³/mol. The Kier molecular flexibility index (Phi) is 4.03. The zero-order valence-electron chi connectivity index (χ0n) is 10.9. The van der Waals surface area contributed by atoms with Crippen LogP contribution in [0.3, 0.4) is 0 Å². The van der Waals surface area contributed by atoms with E-state index in [4.69, 9.17) is 16.3 Å². The number of piperidine rings is 1. The number of benzene rings is 1. The van der Waals surface area contributed by atoms with Gasteiger partial charge in [-0.1, -0.05) is 18.5 Å². The molecule has 18 heavy (non-hydrogen) atoms. The van der Waals surface area contributed by atoms with Gasteiger partial charge in [0.05, 0.1) is 12.1 Å². The van der Waals surface area contributed by atoms with Crippen molar-refractivity contribution in [2.45, 2.75) is 19.8 Å². The lowest BCUT2D eigenvalue weighted by atomic mass is 9.81. The van der Waals surface area contributed by atoms with Gasteiger partial charge >= 0.3 is 0 Å². The Bertz CT molecular complexity index is 414. The van der Waals surface area contributed by atoms with Gasteiger partial charge < -0.3 is 14.7 Å². The second-order valence-electron chi connectivity index (χ2n) is 5.27. The molecule has 1 N–H and O–H groups in total. The largest absolute Gasteiger partial charge is 0.495 e. The summed E-state index contributed by atoms with van der Waals surface area (Å²) in [5.41, 5.74) is 1.21. The minimum atomic E-state index is 0.0764. The number of halogens is 1. The van der Waals surface area contributed by atoms with Gasteiger partial charge in [-0.15, -0.1) is 0 Å². The summed E-state index contributed by atoms with van der Waals surface area (Å²) in [6, 6.07) is 5.87. The average molecular weight is 270 g/mol. The first-order valence-corrected chi connectivity index (χ1v) is 6.65.